The number of nitrogens with one attached hydrogen (secondary N) is 3. The van der Waals surface area contributed by atoms with E-state index in [0.717, 1.165) is 6.29 Å². The first kappa shape index (κ1) is 42.1. The summed E-state index contributed by atoms with van der Waals surface area (Å²) >= 11 is 0. The average Bonchev–Trinajstić information content (AvgIpc) is 2.99. The highest BCUT2D eigenvalue weighted by Gasteiger charge is 2.53. The van der Waals surface area contributed by atoms with E-state index >= 15 is 0 Å². The van der Waals surface area contributed by atoms with Crippen LogP contribution in [0.1, 0.15) is 35.1 Å². The lowest BCUT2D eigenvalue weighted by Gasteiger charge is -2.50. The molecule has 0 saturated carbocycles. The van der Waals surface area contributed by atoms with E-state index < -0.39 is 112 Å². The molecule has 0 spiro atoms. The Bertz CT molecular complexity index is 744. The molecule has 10 N–H and O–H groups in total. The van der Waals surface area contributed by atoms with E-state index in [2.05, 4.69) is 16.0 Å². The Labute approximate surface area is 254 Å². The highest BCUT2D eigenvalue weighted by atomic mass is 16.7. The zero-order valence-electron chi connectivity index (χ0n) is 25.4. The molecule has 15 atom stereocenters. The minimum absolute atomic E-state index is 0. The molecule has 16 heteroatoms. The van der Waals surface area contributed by atoms with Gasteiger partial charge in [0.05, 0.1) is 44.1 Å². The Balaban J connectivity index is 0.00000276. The number of aliphatic hydroxyl groups is 7. The van der Waals surface area contributed by atoms with Gasteiger partial charge in [-0.1, -0.05) is 21.3 Å². The summed E-state index contributed by atoms with van der Waals surface area (Å²) in [6.07, 6.45) is -12.6. The molecule has 3 heterocycles. The Morgan fingerprint density at radius 2 is 1.00 bits per heavy atom. The van der Waals surface area contributed by atoms with Gasteiger partial charge in [0, 0.05) is 0 Å². The molecular weight excluding hydrogens is 574 g/mol. The van der Waals surface area contributed by atoms with Gasteiger partial charge in [-0.3, -0.25) is 0 Å². The van der Waals surface area contributed by atoms with Gasteiger partial charge in [-0.2, -0.15) is 0 Å². The number of hydrogen-bond acceptors (Lipinski definition) is 16. The molecule has 0 aromatic heterocycles. The molecule has 258 valence electrons. The van der Waals surface area contributed by atoms with Crippen LogP contribution in [0.3, 0.4) is 0 Å². The molecule has 16 nitrogen and oxygen atoms in total. The summed E-state index contributed by atoms with van der Waals surface area (Å²) in [6.45, 7) is 5.60. The Kier molecular flexibility index (Phi) is 20.5. The van der Waals surface area contributed by atoms with Gasteiger partial charge in [-0.25, -0.2) is 0 Å². The van der Waals surface area contributed by atoms with Gasteiger partial charge < -0.3 is 80.2 Å². The van der Waals surface area contributed by atoms with E-state index in [-0.39, 0.29) is 7.43 Å². The maximum atomic E-state index is 11.2. The maximum absolute atomic E-state index is 11.2. The van der Waals surface area contributed by atoms with Crippen LogP contribution in [0.5, 0.6) is 0 Å². The first-order valence-electron chi connectivity index (χ1n) is 14.3. The van der Waals surface area contributed by atoms with Crippen LogP contribution in [-0.2, 0) is 28.5 Å². The van der Waals surface area contributed by atoms with Gasteiger partial charge in [0.2, 0.25) is 0 Å². The van der Waals surface area contributed by atoms with Crippen LogP contribution in [0.15, 0.2) is 0 Å². The number of likely N-dealkylation sites (N-methyl/N-ethyl adjacent to an activating group) is 3. The van der Waals surface area contributed by atoms with Crippen molar-refractivity contribution in [3.63, 3.8) is 0 Å². The molecule has 0 bridgehead atoms. The second kappa shape index (κ2) is 21.0. The first-order valence-corrected chi connectivity index (χ1v) is 14.3. The number of aldehydes is 1. The minimum Gasteiger partial charge on any atom is -0.394 e. The van der Waals surface area contributed by atoms with Crippen LogP contribution >= 0.6 is 0 Å². The number of hydrogen-bond donors (Lipinski definition) is 10. The summed E-state index contributed by atoms with van der Waals surface area (Å²) in [5, 5.41) is 80.9. The summed E-state index contributed by atoms with van der Waals surface area (Å²) in [4.78, 5) is 8.81. The summed E-state index contributed by atoms with van der Waals surface area (Å²) < 4.78 is 29.4. The summed E-state index contributed by atoms with van der Waals surface area (Å²) in [5.41, 5.74) is 0. The third-order valence-electron chi connectivity index (χ3n) is 7.46. The monoisotopic (exact) mass is 631 g/mol. The normalized spacial score (nSPS) is 42.8. The maximum Gasteiger partial charge on any atom is 0.176 e. The number of carbonyl (C=O) groups excluding carboxylic acids is 1. The summed E-state index contributed by atoms with van der Waals surface area (Å²) in [5.74, 6) is 0. The van der Waals surface area contributed by atoms with Crippen LogP contribution in [0.2, 0.25) is 0 Å². The van der Waals surface area contributed by atoms with Crippen molar-refractivity contribution in [2.45, 2.75) is 127 Å². The predicted octanol–water partition coefficient (Wildman–Crippen LogP) is -3.95. The van der Waals surface area contributed by atoms with Crippen molar-refractivity contribution < 1.29 is 64.2 Å². The number of ether oxygens (including phenoxy) is 5. The van der Waals surface area contributed by atoms with Crippen LogP contribution in [-0.4, -0.2) is 175 Å². The molecule has 6 unspecified atom stereocenters. The van der Waals surface area contributed by atoms with E-state index in [0.29, 0.717) is 0 Å². The Morgan fingerprint density at radius 3 is 1.40 bits per heavy atom. The molecule has 0 radical (unpaired) electrons. The fourth-order valence-corrected chi connectivity index (χ4v) is 5.33. The van der Waals surface area contributed by atoms with Gasteiger partial charge in [0.15, 0.2) is 12.6 Å². The highest BCUT2D eigenvalue weighted by molar-refractivity contribution is 5.44. The molecule has 0 amide bonds. The smallest absolute Gasteiger partial charge is 0.176 e. The molecular formula is C27H57N3O13. The summed E-state index contributed by atoms with van der Waals surface area (Å²) in [7, 11) is 4.73. The second-order valence-electron chi connectivity index (χ2n) is 9.86. The number of carbonyl (C=O) groups is 1. The van der Waals surface area contributed by atoms with Crippen molar-refractivity contribution in [3.05, 3.63) is 0 Å². The third kappa shape index (κ3) is 10.0. The second-order valence-corrected chi connectivity index (χ2v) is 9.86. The number of rotatable bonds is 10. The predicted molar refractivity (Wildman–Crippen MR) is 155 cm³/mol. The molecule has 0 aromatic rings. The van der Waals surface area contributed by atoms with Crippen molar-refractivity contribution in [1.29, 1.82) is 0 Å². The van der Waals surface area contributed by atoms with Crippen molar-refractivity contribution in [2.75, 3.05) is 41.0 Å². The lowest BCUT2D eigenvalue weighted by molar-refractivity contribution is -0.346. The highest BCUT2D eigenvalue weighted by Crippen LogP contribution is 2.32. The van der Waals surface area contributed by atoms with Crippen molar-refractivity contribution in [1.82, 2.24) is 16.0 Å². The molecule has 3 fully saturated rings. The molecule has 0 aromatic carbocycles. The van der Waals surface area contributed by atoms with Gasteiger partial charge in [-0.15, -0.1) is 0 Å². The molecule has 3 rings (SSSR count). The molecule has 3 aliphatic rings. The van der Waals surface area contributed by atoms with E-state index in [1.165, 1.54) is 14.0 Å². The molecule has 43 heavy (non-hydrogen) atoms. The zero-order valence-corrected chi connectivity index (χ0v) is 25.4. The Hall–Kier alpha value is -0.930. The average molecular weight is 632 g/mol. The molecule has 3 aliphatic heterocycles. The van der Waals surface area contributed by atoms with Crippen molar-refractivity contribution in [3.8, 4) is 0 Å². The van der Waals surface area contributed by atoms with Crippen LogP contribution < -0.4 is 16.0 Å². The Morgan fingerprint density at radius 1 is 0.651 bits per heavy atom. The van der Waals surface area contributed by atoms with Gasteiger partial charge in [0.25, 0.3) is 0 Å². The van der Waals surface area contributed by atoms with E-state index in [4.69, 9.17) is 28.5 Å². The number of aliphatic hydroxyl groups excluding tert-OH is 7. The third-order valence-corrected chi connectivity index (χ3v) is 7.46. The van der Waals surface area contributed by atoms with Gasteiger partial charge in [0.1, 0.15) is 61.2 Å². The van der Waals surface area contributed by atoms with Crippen molar-refractivity contribution in [2.24, 2.45) is 0 Å². The topological polar surface area (TPSA) is 241 Å². The summed E-state index contributed by atoms with van der Waals surface area (Å²) in [6, 6.07) is -2.35. The van der Waals surface area contributed by atoms with Crippen molar-refractivity contribution >= 4 is 6.29 Å². The lowest BCUT2D eigenvalue weighted by Crippen LogP contribution is -2.69. The largest absolute Gasteiger partial charge is 0.394 e. The van der Waals surface area contributed by atoms with Crippen LogP contribution in [0.25, 0.3) is 0 Å². The zero-order chi connectivity index (χ0) is 32.1. The fraction of sp³-hybridized carbons (Fsp3) is 0.963. The van der Waals surface area contributed by atoms with Crippen LogP contribution in [0.4, 0.5) is 0 Å². The fourth-order valence-electron chi connectivity index (χ4n) is 5.33. The quantitative estimate of drug-likeness (QED) is 0.103. The van der Waals surface area contributed by atoms with Gasteiger partial charge in [-0.05, 0) is 35.0 Å². The van der Waals surface area contributed by atoms with E-state index in [9.17, 15) is 35.7 Å². The first-order chi connectivity index (χ1) is 20.1. The van der Waals surface area contributed by atoms with Gasteiger partial charge >= 0.3 is 0 Å². The lowest BCUT2D eigenvalue weighted by atomic mass is 9.92. The molecule has 0 aliphatic carbocycles. The van der Waals surface area contributed by atoms with E-state index in [1.807, 2.05) is 13.8 Å². The minimum atomic E-state index is -1.38. The SMILES string of the molecule is C.CC.CC=O.CNC1[C@H](O[C@@H]2C(CO)O[C@@H](O[C@@H]3C(CO)O[C@@H](C)C(NC)[C@H]3O)C(NC)[C@H]2O)OC(CO)[C@@H](O)[C@@H]1O. The van der Waals surface area contributed by atoms with Crippen LogP contribution in [0, 0.1) is 0 Å². The van der Waals surface area contributed by atoms with E-state index in [1.54, 1.807) is 21.0 Å². The molecule has 3 saturated heterocycles. The standard InChI is InChI=1S/C22H43N3O12.C2H4O.C2H6.CH4/c1-8-12(23-2)17(31)19(10(6-27)33-8)36-22-14(25-4)18(32)20(11(7-28)35-22)37-21-13(24-3)16(30)15(29)9(5-26)34-21;1-2-3;1-2;/h8-32H,5-7H2,1-4H3;2H,1H3;1-2H3;1H4/t8-,9?,10?,11?,12?,13?,14?,15+,16+,17+,18+,19+,20+,21-,22-;;;/m0.../s1.